The molecule has 2 N–H and O–H groups in total. The Morgan fingerprint density at radius 3 is 2.71 bits per heavy atom. The van der Waals surface area contributed by atoms with Gasteiger partial charge in [-0.2, -0.15) is 4.98 Å². The second kappa shape index (κ2) is 6.38. The van der Waals surface area contributed by atoms with Crippen LogP contribution in [0, 0.1) is 13.8 Å². The van der Waals surface area contributed by atoms with Gasteiger partial charge in [0.05, 0.1) is 11.3 Å². The van der Waals surface area contributed by atoms with Crippen LogP contribution in [-0.2, 0) is 11.3 Å². The molecule has 1 aromatic heterocycles. The fourth-order valence-corrected chi connectivity index (χ4v) is 3.24. The molecule has 1 heterocycles. The molecule has 4 nitrogen and oxygen atoms in total. The molecule has 21 heavy (non-hydrogen) atoms. The van der Waals surface area contributed by atoms with Gasteiger partial charge in [0.25, 0.3) is 0 Å². The molecule has 0 saturated heterocycles. The third kappa shape index (κ3) is 3.42. The lowest BCUT2D eigenvalue weighted by Gasteiger charge is -2.34. The van der Waals surface area contributed by atoms with E-state index in [-0.39, 0.29) is 17.9 Å². The molecule has 1 fully saturated rings. The molecule has 114 valence electrons. The van der Waals surface area contributed by atoms with E-state index >= 15 is 0 Å². The first-order chi connectivity index (χ1) is 9.57. The molecule has 0 amide bonds. The molecule has 0 unspecified atom stereocenters. The SMILES string of the molecule is Cc1ccc(SCc2nc(C3(N)CCC3)no2)c(C)c1.Cl. The summed E-state index contributed by atoms with van der Waals surface area (Å²) in [5.41, 5.74) is 8.41. The van der Waals surface area contributed by atoms with Gasteiger partial charge in [0.2, 0.25) is 5.89 Å². The summed E-state index contributed by atoms with van der Waals surface area (Å²) in [5, 5.41) is 4.03. The Kier molecular flexibility index (Phi) is 4.96. The van der Waals surface area contributed by atoms with Crippen LogP contribution in [-0.4, -0.2) is 10.1 Å². The fourth-order valence-electron chi connectivity index (χ4n) is 2.40. The Balaban J connectivity index is 0.00000161. The van der Waals surface area contributed by atoms with Crippen molar-refractivity contribution in [1.82, 2.24) is 10.1 Å². The Bertz CT molecular complexity index is 625. The number of aryl methyl sites for hydroxylation is 2. The van der Waals surface area contributed by atoms with Crippen molar-refractivity contribution in [2.45, 2.75) is 49.3 Å². The smallest absolute Gasteiger partial charge is 0.237 e. The highest BCUT2D eigenvalue weighted by atomic mass is 35.5. The summed E-state index contributed by atoms with van der Waals surface area (Å²) in [7, 11) is 0. The van der Waals surface area contributed by atoms with Gasteiger partial charge in [-0.1, -0.05) is 22.9 Å². The largest absolute Gasteiger partial charge is 0.338 e. The number of nitrogens with zero attached hydrogens (tertiary/aromatic N) is 2. The van der Waals surface area contributed by atoms with Crippen LogP contribution < -0.4 is 5.73 Å². The average molecular weight is 326 g/mol. The number of hydrogen-bond acceptors (Lipinski definition) is 5. The van der Waals surface area contributed by atoms with Gasteiger partial charge in [0, 0.05) is 4.90 Å². The molecule has 0 radical (unpaired) electrons. The lowest BCUT2D eigenvalue weighted by atomic mass is 9.77. The van der Waals surface area contributed by atoms with Crippen LogP contribution in [0.1, 0.15) is 42.1 Å². The predicted molar refractivity (Wildman–Crippen MR) is 86.7 cm³/mol. The van der Waals surface area contributed by atoms with Crippen LogP contribution in [0.15, 0.2) is 27.6 Å². The monoisotopic (exact) mass is 325 g/mol. The molecule has 1 aliphatic rings. The summed E-state index contributed by atoms with van der Waals surface area (Å²) in [5.74, 6) is 2.01. The zero-order valence-corrected chi connectivity index (χ0v) is 13.9. The first-order valence-corrected chi connectivity index (χ1v) is 7.87. The molecule has 6 heteroatoms. The lowest BCUT2D eigenvalue weighted by molar-refractivity contribution is 0.229. The van der Waals surface area contributed by atoms with E-state index in [0.29, 0.717) is 17.5 Å². The zero-order valence-electron chi connectivity index (χ0n) is 12.3. The van der Waals surface area contributed by atoms with Crippen LogP contribution in [0.2, 0.25) is 0 Å². The van der Waals surface area contributed by atoms with E-state index < -0.39 is 0 Å². The van der Waals surface area contributed by atoms with Crippen molar-refractivity contribution >= 4 is 24.2 Å². The molecule has 1 aromatic carbocycles. The number of benzene rings is 1. The third-order valence-corrected chi connectivity index (χ3v) is 5.00. The highest BCUT2D eigenvalue weighted by molar-refractivity contribution is 7.98. The Labute approximate surface area is 135 Å². The van der Waals surface area contributed by atoms with E-state index in [1.807, 2.05) is 0 Å². The van der Waals surface area contributed by atoms with Crippen LogP contribution in [0.5, 0.6) is 0 Å². The van der Waals surface area contributed by atoms with Crippen molar-refractivity contribution in [3.05, 3.63) is 41.0 Å². The van der Waals surface area contributed by atoms with E-state index in [1.165, 1.54) is 16.0 Å². The van der Waals surface area contributed by atoms with E-state index in [9.17, 15) is 0 Å². The standard InChI is InChI=1S/C15H19N3OS.ClH/c1-10-4-5-12(11(2)8-10)20-9-13-17-14(18-19-13)15(16)6-3-7-15;/h4-5,8H,3,6-7,9,16H2,1-2H3;1H. The average Bonchev–Trinajstić information content (AvgIpc) is 2.84. The van der Waals surface area contributed by atoms with Crippen molar-refractivity contribution in [1.29, 1.82) is 0 Å². The molecular formula is C15H20ClN3OS. The summed E-state index contributed by atoms with van der Waals surface area (Å²) in [6, 6.07) is 6.45. The zero-order chi connectivity index (χ0) is 14.2. The van der Waals surface area contributed by atoms with Crippen molar-refractivity contribution in [2.24, 2.45) is 5.73 Å². The van der Waals surface area contributed by atoms with Gasteiger partial charge < -0.3 is 10.3 Å². The minimum atomic E-state index is -0.341. The first kappa shape index (κ1) is 16.3. The quantitative estimate of drug-likeness (QED) is 0.867. The second-order valence-corrected chi connectivity index (χ2v) is 6.60. The minimum Gasteiger partial charge on any atom is -0.338 e. The fraction of sp³-hybridized carbons (Fsp3) is 0.467. The Hall–Kier alpha value is -1.04. The van der Waals surface area contributed by atoms with Gasteiger partial charge in [0.1, 0.15) is 0 Å². The molecule has 1 aliphatic carbocycles. The van der Waals surface area contributed by atoms with Crippen molar-refractivity contribution < 1.29 is 4.52 Å². The first-order valence-electron chi connectivity index (χ1n) is 6.89. The lowest BCUT2D eigenvalue weighted by Crippen LogP contribution is -2.44. The van der Waals surface area contributed by atoms with Crippen LogP contribution in [0.3, 0.4) is 0 Å². The Morgan fingerprint density at radius 2 is 2.10 bits per heavy atom. The van der Waals surface area contributed by atoms with E-state index in [2.05, 4.69) is 42.2 Å². The van der Waals surface area contributed by atoms with Gasteiger partial charge in [-0.3, -0.25) is 0 Å². The number of nitrogens with two attached hydrogens (primary N) is 1. The van der Waals surface area contributed by atoms with E-state index in [0.717, 1.165) is 19.3 Å². The summed E-state index contributed by atoms with van der Waals surface area (Å²) in [4.78, 5) is 5.69. The van der Waals surface area contributed by atoms with Gasteiger partial charge in [-0.05, 0) is 44.7 Å². The number of halogens is 1. The topological polar surface area (TPSA) is 64.9 Å². The predicted octanol–water partition coefficient (Wildman–Crippen LogP) is 3.74. The number of hydrogen-bond donors (Lipinski definition) is 1. The maximum Gasteiger partial charge on any atom is 0.237 e. The van der Waals surface area contributed by atoms with Crippen LogP contribution in [0.4, 0.5) is 0 Å². The van der Waals surface area contributed by atoms with Gasteiger partial charge in [-0.25, -0.2) is 0 Å². The highest BCUT2D eigenvalue weighted by Crippen LogP contribution is 2.37. The summed E-state index contributed by atoms with van der Waals surface area (Å²) in [6.07, 6.45) is 3.06. The van der Waals surface area contributed by atoms with Crippen LogP contribution >= 0.6 is 24.2 Å². The molecule has 0 spiro atoms. The molecule has 0 aliphatic heterocycles. The van der Waals surface area contributed by atoms with E-state index in [1.54, 1.807) is 11.8 Å². The van der Waals surface area contributed by atoms with Crippen LogP contribution in [0.25, 0.3) is 0 Å². The summed E-state index contributed by atoms with van der Waals surface area (Å²) >= 11 is 1.72. The molecule has 3 rings (SSSR count). The van der Waals surface area contributed by atoms with Crippen molar-refractivity contribution in [3.8, 4) is 0 Å². The van der Waals surface area contributed by atoms with E-state index in [4.69, 9.17) is 10.3 Å². The maximum absolute atomic E-state index is 6.19. The second-order valence-electron chi connectivity index (χ2n) is 5.58. The maximum atomic E-state index is 6.19. The highest BCUT2D eigenvalue weighted by Gasteiger charge is 2.38. The van der Waals surface area contributed by atoms with Gasteiger partial charge in [0.15, 0.2) is 5.82 Å². The van der Waals surface area contributed by atoms with Gasteiger partial charge >= 0.3 is 0 Å². The number of aromatic nitrogens is 2. The number of thioether (sulfide) groups is 1. The minimum absolute atomic E-state index is 0. The molecular weight excluding hydrogens is 306 g/mol. The van der Waals surface area contributed by atoms with Crippen molar-refractivity contribution in [3.63, 3.8) is 0 Å². The summed E-state index contributed by atoms with van der Waals surface area (Å²) < 4.78 is 5.31. The molecule has 1 saturated carbocycles. The Morgan fingerprint density at radius 1 is 1.33 bits per heavy atom. The molecule has 0 atom stereocenters. The third-order valence-electron chi connectivity index (χ3n) is 3.84. The number of rotatable bonds is 4. The molecule has 2 aromatic rings. The molecule has 0 bridgehead atoms. The normalized spacial score (nSPS) is 16.1. The van der Waals surface area contributed by atoms with Crippen molar-refractivity contribution in [2.75, 3.05) is 0 Å². The summed E-state index contributed by atoms with van der Waals surface area (Å²) in [6.45, 7) is 4.23. The van der Waals surface area contributed by atoms with Gasteiger partial charge in [-0.15, -0.1) is 24.2 Å².